The summed E-state index contributed by atoms with van der Waals surface area (Å²) in [6.45, 7) is 3.29. The molecule has 6 nitrogen and oxygen atoms in total. The minimum absolute atomic E-state index is 0.109. The minimum Gasteiger partial charge on any atom is -0.364 e. The van der Waals surface area contributed by atoms with Crippen LogP contribution in [0.2, 0.25) is 0 Å². The third-order valence-electron chi connectivity index (χ3n) is 4.76. The summed E-state index contributed by atoms with van der Waals surface area (Å²) in [5.74, 6) is -0.646. The highest BCUT2D eigenvalue weighted by molar-refractivity contribution is 5.91. The summed E-state index contributed by atoms with van der Waals surface area (Å²) in [5.41, 5.74) is 8.45. The second kappa shape index (κ2) is 6.22. The molecule has 4 rings (SSSR count). The second-order valence-corrected chi connectivity index (χ2v) is 6.57. The predicted molar refractivity (Wildman–Crippen MR) is 97.4 cm³/mol. The average Bonchev–Trinajstić information content (AvgIpc) is 3.23. The molecule has 0 spiro atoms. The normalized spacial score (nSPS) is 15.0. The van der Waals surface area contributed by atoms with E-state index in [-0.39, 0.29) is 11.3 Å². The highest BCUT2D eigenvalue weighted by Gasteiger charge is 2.13. The van der Waals surface area contributed by atoms with Gasteiger partial charge in [-0.05, 0) is 61.8 Å². The number of nitrogens with one attached hydrogen (secondary N) is 2. The van der Waals surface area contributed by atoms with Gasteiger partial charge in [-0.15, -0.1) is 0 Å². The number of rotatable bonds is 4. The first kappa shape index (κ1) is 15.7. The number of carbonyl (C=O) groups is 1. The molecule has 6 heteroatoms. The molecule has 25 heavy (non-hydrogen) atoms. The lowest BCUT2D eigenvalue weighted by Crippen LogP contribution is -2.19. The van der Waals surface area contributed by atoms with Gasteiger partial charge in [0, 0.05) is 17.4 Å². The number of likely N-dealkylation sites (tertiary alicyclic amines) is 1. The maximum absolute atomic E-state index is 12.2. The van der Waals surface area contributed by atoms with Gasteiger partial charge in [0.25, 0.3) is 11.5 Å². The monoisotopic (exact) mass is 336 g/mol. The Labute approximate surface area is 144 Å². The number of nitrogens with two attached hydrogens (primary N) is 1. The molecule has 128 valence electrons. The van der Waals surface area contributed by atoms with Crippen LogP contribution in [-0.2, 0) is 6.54 Å². The zero-order valence-corrected chi connectivity index (χ0v) is 13.8. The van der Waals surface area contributed by atoms with Crippen molar-refractivity contribution >= 4 is 16.8 Å². The van der Waals surface area contributed by atoms with Crippen molar-refractivity contribution in [3.05, 3.63) is 58.0 Å². The van der Waals surface area contributed by atoms with Crippen LogP contribution in [0.5, 0.6) is 0 Å². The highest BCUT2D eigenvalue weighted by atomic mass is 16.1. The van der Waals surface area contributed by atoms with Crippen LogP contribution in [0.3, 0.4) is 0 Å². The molecular weight excluding hydrogens is 316 g/mol. The van der Waals surface area contributed by atoms with Gasteiger partial charge in [0.15, 0.2) is 0 Å². The van der Waals surface area contributed by atoms with Crippen molar-refractivity contribution in [2.45, 2.75) is 19.4 Å². The summed E-state index contributed by atoms with van der Waals surface area (Å²) in [7, 11) is 0. The van der Waals surface area contributed by atoms with Gasteiger partial charge in [-0.3, -0.25) is 14.5 Å². The van der Waals surface area contributed by atoms with Crippen molar-refractivity contribution in [2.24, 2.45) is 5.73 Å². The lowest BCUT2D eigenvalue weighted by atomic mass is 10.1. The number of fused-ring (bicyclic) bond motifs is 1. The van der Waals surface area contributed by atoms with Gasteiger partial charge < -0.3 is 15.7 Å². The maximum atomic E-state index is 12.2. The summed E-state index contributed by atoms with van der Waals surface area (Å²) in [5, 5.41) is 1.07. The molecule has 2 aromatic heterocycles. The molecule has 1 aliphatic heterocycles. The Hall–Kier alpha value is -2.86. The number of benzene rings is 1. The first-order chi connectivity index (χ1) is 12.1. The van der Waals surface area contributed by atoms with Crippen molar-refractivity contribution in [1.82, 2.24) is 14.9 Å². The quantitative estimate of drug-likeness (QED) is 0.682. The van der Waals surface area contributed by atoms with E-state index >= 15 is 0 Å². The summed E-state index contributed by atoms with van der Waals surface area (Å²) in [6, 6.07) is 11.5. The van der Waals surface area contributed by atoms with E-state index < -0.39 is 5.91 Å². The molecule has 1 aliphatic rings. The van der Waals surface area contributed by atoms with Crippen molar-refractivity contribution in [1.29, 1.82) is 0 Å². The predicted octanol–water partition coefficient (Wildman–Crippen LogP) is 2.22. The molecule has 0 aliphatic carbocycles. The number of primary amides is 1. The topological polar surface area (TPSA) is 95.0 Å². The molecule has 0 radical (unpaired) electrons. The number of nitrogens with zero attached hydrogens (tertiary/aromatic N) is 1. The van der Waals surface area contributed by atoms with E-state index in [9.17, 15) is 9.59 Å². The van der Waals surface area contributed by atoms with Crippen molar-refractivity contribution in [2.75, 3.05) is 13.1 Å². The first-order valence-corrected chi connectivity index (χ1v) is 8.48. The Morgan fingerprint density at radius 1 is 1.08 bits per heavy atom. The fourth-order valence-electron chi connectivity index (χ4n) is 3.45. The van der Waals surface area contributed by atoms with Gasteiger partial charge in [0.1, 0.15) is 5.69 Å². The molecule has 1 amide bonds. The fraction of sp³-hybridized carbons (Fsp3) is 0.263. The zero-order valence-electron chi connectivity index (χ0n) is 13.8. The van der Waals surface area contributed by atoms with E-state index in [1.165, 1.54) is 24.5 Å². The number of hydrogen-bond acceptors (Lipinski definition) is 3. The first-order valence-electron chi connectivity index (χ1n) is 8.48. The van der Waals surface area contributed by atoms with E-state index in [1.54, 1.807) is 6.07 Å². The van der Waals surface area contributed by atoms with E-state index in [0.29, 0.717) is 5.56 Å². The maximum Gasteiger partial charge on any atom is 0.265 e. The standard InChI is InChI=1S/C19H20N4O2/c20-18(24)16-6-4-14(19(25)22-16)17-10-13-9-12(3-5-15(13)21-17)11-23-7-1-2-8-23/h3-6,9-10,21H,1-2,7-8,11H2,(H2,20,24)(H,22,25). The Balaban J connectivity index is 1.67. The van der Waals surface area contributed by atoms with Crippen LogP contribution in [0.4, 0.5) is 0 Å². The number of aromatic amines is 2. The Morgan fingerprint density at radius 2 is 1.88 bits per heavy atom. The van der Waals surface area contributed by atoms with Crippen molar-refractivity contribution in [3.8, 4) is 11.3 Å². The number of pyridine rings is 1. The average molecular weight is 336 g/mol. The summed E-state index contributed by atoms with van der Waals surface area (Å²) >= 11 is 0. The Kier molecular flexibility index (Phi) is 3.89. The van der Waals surface area contributed by atoms with Crippen LogP contribution < -0.4 is 11.3 Å². The summed E-state index contributed by atoms with van der Waals surface area (Å²) in [4.78, 5) is 31.6. The van der Waals surface area contributed by atoms with Gasteiger partial charge >= 0.3 is 0 Å². The molecule has 3 heterocycles. The Morgan fingerprint density at radius 3 is 2.60 bits per heavy atom. The number of H-pyrrole nitrogens is 2. The van der Waals surface area contributed by atoms with Crippen LogP contribution in [-0.4, -0.2) is 33.9 Å². The highest BCUT2D eigenvalue weighted by Crippen LogP contribution is 2.24. The van der Waals surface area contributed by atoms with E-state index in [2.05, 4.69) is 33.1 Å². The molecule has 0 atom stereocenters. The molecule has 0 saturated carbocycles. The summed E-state index contributed by atoms with van der Waals surface area (Å²) < 4.78 is 0. The van der Waals surface area contributed by atoms with Gasteiger partial charge in [-0.1, -0.05) is 6.07 Å². The van der Waals surface area contributed by atoms with Crippen molar-refractivity contribution in [3.63, 3.8) is 0 Å². The van der Waals surface area contributed by atoms with Gasteiger partial charge in [-0.2, -0.15) is 0 Å². The SMILES string of the molecule is NC(=O)c1ccc(-c2cc3cc(CN4CCCC4)ccc3[nH]2)c(=O)[nH]1. The third kappa shape index (κ3) is 3.08. The zero-order chi connectivity index (χ0) is 17.4. The lowest BCUT2D eigenvalue weighted by Gasteiger charge is -2.14. The van der Waals surface area contributed by atoms with Gasteiger partial charge in [0.05, 0.1) is 11.3 Å². The second-order valence-electron chi connectivity index (χ2n) is 6.57. The number of aromatic nitrogens is 2. The number of carbonyl (C=O) groups excluding carboxylic acids is 1. The fourth-order valence-corrected chi connectivity index (χ4v) is 3.45. The number of hydrogen-bond donors (Lipinski definition) is 3. The van der Waals surface area contributed by atoms with Crippen LogP contribution in [0.25, 0.3) is 22.2 Å². The molecule has 3 aromatic rings. The van der Waals surface area contributed by atoms with Crippen LogP contribution in [0, 0.1) is 0 Å². The van der Waals surface area contributed by atoms with Crippen LogP contribution in [0.1, 0.15) is 28.9 Å². The van der Waals surface area contributed by atoms with Gasteiger partial charge in [-0.25, -0.2) is 0 Å². The smallest absolute Gasteiger partial charge is 0.265 e. The molecule has 4 N–H and O–H groups in total. The van der Waals surface area contributed by atoms with Crippen molar-refractivity contribution < 1.29 is 4.79 Å². The van der Waals surface area contributed by atoms with Crippen LogP contribution >= 0.6 is 0 Å². The molecule has 0 unspecified atom stereocenters. The number of amides is 1. The van der Waals surface area contributed by atoms with E-state index in [1.807, 2.05) is 6.07 Å². The molecular formula is C19H20N4O2. The van der Waals surface area contributed by atoms with Crippen LogP contribution in [0.15, 0.2) is 41.2 Å². The third-order valence-corrected chi connectivity index (χ3v) is 4.76. The lowest BCUT2D eigenvalue weighted by molar-refractivity contribution is 0.0995. The largest absolute Gasteiger partial charge is 0.364 e. The van der Waals surface area contributed by atoms with Gasteiger partial charge in [0.2, 0.25) is 0 Å². The summed E-state index contributed by atoms with van der Waals surface area (Å²) in [6.07, 6.45) is 2.56. The molecule has 1 fully saturated rings. The Bertz CT molecular complexity index is 996. The molecule has 1 aromatic carbocycles. The van der Waals surface area contributed by atoms with E-state index in [0.717, 1.165) is 36.2 Å². The molecule has 0 bridgehead atoms. The van der Waals surface area contributed by atoms with E-state index in [4.69, 9.17) is 5.73 Å². The minimum atomic E-state index is -0.646. The molecule has 1 saturated heterocycles.